The summed E-state index contributed by atoms with van der Waals surface area (Å²) in [5.74, 6) is -0.253. The number of ether oxygens (including phenoxy) is 1. The van der Waals surface area contributed by atoms with Gasteiger partial charge in [0.1, 0.15) is 11.7 Å². The van der Waals surface area contributed by atoms with Crippen molar-refractivity contribution in [1.82, 2.24) is 14.7 Å². The highest BCUT2D eigenvalue weighted by Gasteiger charge is 2.10. The van der Waals surface area contributed by atoms with Gasteiger partial charge in [-0.1, -0.05) is 35.9 Å². The fourth-order valence-corrected chi connectivity index (χ4v) is 2.29. The predicted molar refractivity (Wildman–Crippen MR) is 83.7 cm³/mol. The molecule has 22 heavy (non-hydrogen) atoms. The summed E-state index contributed by atoms with van der Waals surface area (Å²) < 4.78 is 7.80. The zero-order valence-electron chi connectivity index (χ0n) is 12.5. The number of amides is 1. The molecule has 1 aromatic carbocycles. The van der Waals surface area contributed by atoms with Gasteiger partial charge in [0, 0.05) is 26.8 Å². The number of methoxy groups -OCH3 is 1. The number of nitrogens with zero attached hydrogens (tertiary/aromatic N) is 2. The van der Waals surface area contributed by atoms with Crippen molar-refractivity contribution >= 4 is 17.5 Å². The summed E-state index contributed by atoms with van der Waals surface area (Å²) in [4.78, 5) is 23.6. The van der Waals surface area contributed by atoms with Crippen molar-refractivity contribution in [2.24, 2.45) is 7.05 Å². The molecule has 0 aliphatic carbocycles. The smallest absolute Gasteiger partial charge is 0.268 e. The van der Waals surface area contributed by atoms with Crippen LogP contribution in [0.2, 0.25) is 5.15 Å². The van der Waals surface area contributed by atoms with Crippen LogP contribution < -0.4 is 10.9 Å². The third-order valence-corrected chi connectivity index (χ3v) is 3.61. The third-order valence-electron chi connectivity index (χ3n) is 3.25. The van der Waals surface area contributed by atoms with Gasteiger partial charge in [-0.25, -0.2) is 4.68 Å². The maximum Gasteiger partial charge on any atom is 0.268 e. The quantitative estimate of drug-likeness (QED) is 0.871. The fraction of sp³-hybridized carbons (Fsp3) is 0.333. The van der Waals surface area contributed by atoms with Gasteiger partial charge in [-0.2, -0.15) is 0 Å². The minimum absolute atomic E-state index is 0.0696. The second-order valence-corrected chi connectivity index (χ2v) is 5.30. The Balaban J connectivity index is 1.95. The summed E-state index contributed by atoms with van der Waals surface area (Å²) >= 11 is 5.84. The van der Waals surface area contributed by atoms with Crippen molar-refractivity contribution in [2.45, 2.75) is 19.7 Å². The highest BCUT2D eigenvalue weighted by atomic mass is 35.5. The Hall–Kier alpha value is -2.05. The Morgan fingerprint density at radius 1 is 1.32 bits per heavy atom. The van der Waals surface area contributed by atoms with Crippen LogP contribution in [0, 0.1) is 0 Å². The third kappa shape index (κ3) is 3.99. The van der Waals surface area contributed by atoms with E-state index in [1.165, 1.54) is 15.4 Å². The maximum atomic E-state index is 12.0. The van der Waals surface area contributed by atoms with Gasteiger partial charge >= 0.3 is 0 Å². The normalized spacial score (nSPS) is 10.7. The topological polar surface area (TPSA) is 65.3 Å². The first-order chi connectivity index (χ1) is 10.5. The van der Waals surface area contributed by atoms with Crippen LogP contribution in [0.4, 0.5) is 0 Å². The number of nitrogens with one attached hydrogen (secondary N) is 1. The summed E-state index contributed by atoms with van der Waals surface area (Å²) in [5.41, 5.74) is 1.71. The Bertz CT molecular complexity index is 721. The van der Waals surface area contributed by atoms with Gasteiger partial charge in [0.05, 0.1) is 6.61 Å². The second-order valence-electron chi connectivity index (χ2n) is 4.92. The van der Waals surface area contributed by atoms with E-state index in [-0.39, 0.29) is 18.0 Å². The molecule has 0 saturated heterocycles. The average molecular weight is 324 g/mol. The Kier molecular flexibility index (Phi) is 5.41. The fourth-order valence-electron chi connectivity index (χ4n) is 2.11. The van der Waals surface area contributed by atoms with Gasteiger partial charge < -0.3 is 10.1 Å². The van der Waals surface area contributed by atoms with E-state index >= 15 is 0 Å². The monoisotopic (exact) mass is 323 g/mol. The molecule has 1 N–H and O–H groups in total. The minimum Gasteiger partial charge on any atom is -0.380 e. The first-order valence-corrected chi connectivity index (χ1v) is 7.15. The number of rotatable bonds is 6. The summed E-state index contributed by atoms with van der Waals surface area (Å²) in [5, 5.41) is 3.08. The molecule has 0 radical (unpaired) electrons. The van der Waals surface area contributed by atoms with Crippen molar-refractivity contribution in [1.29, 1.82) is 0 Å². The lowest BCUT2D eigenvalue weighted by molar-refractivity contribution is -0.122. The Labute approximate surface area is 133 Å². The van der Waals surface area contributed by atoms with Crippen molar-refractivity contribution in [2.75, 3.05) is 7.11 Å². The molecule has 2 aromatic rings. The summed E-state index contributed by atoms with van der Waals surface area (Å²) in [6, 6.07) is 9.04. The van der Waals surface area contributed by atoms with Gasteiger partial charge in [-0.3, -0.25) is 14.3 Å². The van der Waals surface area contributed by atoms with Crippen LogP contribution in [0.15, 0.2) is 35.1 Å². The molecule has 1 aromatic heterocycles. The zero-order chi connectivity index (χ0) is 16.1. The number of halogens is 1. The van der Waals surface area contributed by atoms with E-state index in [0.29, 0.717) is 18.3 Å². The van der Waals surface area contributed by atoms with Gasteiger partial charge in [0.2, 0.25) is 5.91 Å². The lowest BCUT2D eigenvalue weighted by Gasteiger charge is -2.09. The molecule has 118 valence electrons. The number of aromatic nitrogens is 2. The van der Waals surface area contributed by atoms with Crippen molar-refractivity contribution in [3.63, 3.8) is 0 Å². The zero-order valence-corrected chi connectivity index (χ0v) is 13.3. The van der Waals surface area contributed by atoms with Crippen LogP contribution in [0.1, 0.15) is 11.1 Å². The van der Waals surface area contributed by atoms with Gasteiger partial charge in [-0.05, 0) is 11.1 Å². The molecule has 0 aliphatic heterocycles. The molecule has 0 spiro atoms. The second kappa shape index (κ2) is 7.29. The van der Waals surface area contributed by atoms with Crippen LogP contribution in [0.5, 0.6) is 0 Å². The molecule has 0 bridgehead atoms. The van der Waals surface area contributed by atoms with Crippen LogP contribution in [-0.2, 0) is 36.3 Å². The van der Waals surface area contributed by atoms with Crippen LogP contribution >= 0.6 is 11.6 Å². The van der Waals surface area contributed by atoms with Crippen molar-refractivity contribution < 1.29 is 9.53 Å². The Morgan fingerprint density at radius 3 is 2.68 bits per heavy atom. The molecule has 1 amide bonds. The maximum absolute atomic E-state index is 12.0. The van der Waals surface area contributed by atoms with Gasteiger partial charge in [0.25, 0.3) is 5.56 Å². The highest BCUT2D eigenvalue weighted by Crippen LogP contribution is 2.06. The molecule has 0 saturated carbocycles. The molecular weight excluding hydrogens is 306 g/mol. The summed E-state index contributed by atoms with van der Waals surface area (Å²) in [6.07, 6.45) is 0. The molecule has 0 aliphatic rings. The summed E-state index contributed by atoms with van der Waals surface area (Å²) in [6.45, 7) is 0.849. The SMILES string of the molecule is COCc1cccc(CNC(=O)Cn2c(=O)cc(Cl)n2C)c1. The standard InChI is InChI=1S/C15H18ClN3O3/c1-18-13(16)7-15(21)19(18)9-14(20)17-8-11-4-3-5-12(6-11)10-22-2/h3-7H,8-10H2,1-2H3,(H,17,20). The highest BCUT2D eigenvalue weighted by molar-refractivity contribution is 6.29. The number of carbonyl (C=O) groups excluding carboxylic acids is 1. The molecular formula is C15H18ClN3O3. The van der Waals surface area contributed by atoms with E-state index in [1.807, 2.05) is 24.3 Å². The molecule has 0 atom stereocenters. The van der Waals surface area contributed by atoms with E-state index < -0.39 is 0 Å². The first-order valence-electron chi connectivity index (χ1n) is 6.77. The lowest BCUT2D eigenvalue weighted by atomic mass is 10.1. The van der Waals surface area contributed by atoms with E-state index in [4.69, 9.17) is 16.3 Å². The largest absolute Gasteiger partial charge is 0.380 e. The van der Waals surface area contributed by atoms with Crippen LogP contribution in [0.25, 0.3) is 0 Å². The van der Waals surface area contributed by atoms with E-state index in [2.05, 4.69) is 5.32 Å². The Morgan fingerprint density at radius 2 is 2.05 bits per heavy atom. The van der Waals surface area contributed by atoms with E-state index in [1.54, 1.807) is 14.2 Å². The van der Waals surface area contributed by atoms with Gasteiger partial charge in [-0.15, -0.1) is 0 Å². The first kappa shape index (κ1) is 16.3. The van der Waals surface area contributed by atoms with Crippen LogP contribution in [-0.4, -0.2) is 22.4 Å². The van der Waals surface area contributed by atoms with Crippen LogP contribution in [0.3, 0.4) is 0 Å². The number of hydrogen-bond acceptors (Lipinski definition) is 3. The van der Waals surface area contributed by atoms with E-state index in [0.717, 1.165) is 11.1 Å². The van der Waals surface area contributed by atoms with Gasteiger partial charge in [0.15, 0.2) is 0 Å². The summed E-state index contributed by atoms with van der Waals surface area (Å²) in [7, 11) is 3.27. The molecule has 7 heteroatoms. The number of carbonyl (C=O) groups is 1. The average Bonchev–Trinajstić information content (AvgIpc) is 2.72. The van der Waals surface area contributed by atoms with E-state index in [9.17, 15) is 9.59 Å². The lowest BCUT2D eigenvalue weighted by Crippen LogP contribution is -2.33. The predicted octanol–water partition coefficient (Wildman–Crippen LogP) is 1.30. The number of hydrogen-bond donors (Lipinski definition) is 1. The minimum atomic E-state index is -0.301. The molecule has 1 heterocycles. The van der Waals surface area contributed by atoms with Crippen molar-refractivity contribution in [3.05, 3.63) is 57.0 Å². The molecule has 0 fully saturated rings. The molecule has 0 unspecified atom stereocenters. The van der Waals surface area contributed by atoms with Crippen molar-refractivity contribution in [3.8, 4) is 0 Å². The molecule has 6 nitrogen and oxygen atoms in total. The molecule has 2 rings (SSSR count). The number of benzene rings is 1.